The van der Waals surface area contributed by atoms with Crippen LogP contribution in [0.4, 0.5) is 10.1 Å². The van der Waals surface area contributed by atoms with E-state index in [0.29, 0.717) is 24.3 Å². The van der Waals surface area contributed by atoms with Gasteiger partial charge >= 0.3 is 0 Å². The fraction of sp³-hybridized carbons (Fsp3) is 0.345. The highest BCUT2D eigenvalue weighted by Gasteiger charge is 2.25. The molecule has 2 amide bonds. The van der Waals surface area contributed by atoms with E-state index in [1.807, 2.05) is 13.2 Å². The zero-order valence-corrected chi connectivity index (χ0v) is 22.7. The van der Waals surface area contributed by atoms with Crippen LogP contribution in [0.15, 0.2) is 73.1 Å². The van der Waals surface area contributed by atoms with Crippen molar-refractivity contribution in [2.45, 2.75) is 45.2 Å². The number of rotatable bonds is 8. The number of anilines is 1. The van der Waals surface area contributed by atoms with E-state index in [4.69, 9.17) is 5.73 Å². The number of nitrogens with zero attached hydrogens (tertiary/aromatic N) is 4. The molecule has 206 valence electrons. The Hall–Kier alpha value is -4.18. The van der Waals surface area contributed by atoms with E-state index in [0.717, 1.165) is 42.8 Å². The molecule has 0 spiro atoms. The first-order chi connectivity index (χ1) is 18.7. The number of nitrogens with two attached hydrogens (primary N) is 1. The first-order valence-electron chi connectivity index (χ1n) is 13.1. The Morgan fingerprint density at radius 2 is 2.00 bits per heavy atom. The Morgan fingerprint density at radius 3 is 2.64 bits per heavy atom. The fourth-order valence-corrected chi connectivity index (χ4v) is 5.06. The summed E-state index contributed by atoms with van der Waals surface area (Å²) in [5.74, 6) is -1.65. The summed E-state index contributed by atoms with van der Waals surface area (Å²) in [5, 5.41) is 9.62. The van der Waals surface area contributed by atoms with Crippen LogP contribution in [0.2, 0.25) is 0 Å². The van der Waals surface area contributed by atoms with E-state index in [1.54, 1.807) is 29.2 Å². The first kappa shape index (κ1) is 27.8. The number of aryl methyl sites for hydroxylation is 1. The summed E-state index contributed by atoms with van der Waals surface area (Å²) in [6.45, 7) is 9.67. The van der Waals surface area contributed by atoms with Gasteiger partial charge < -0.3 is 21.3 Å². The number of carbonyl (C=O) groups excluding carboxylic acids is 2. The number of amides is 2. The highest BCUT2D eigenvalue weighted by molar-refractivity contribution is 6.05. The Labute approximate surface area is 228 Å². The molecule has 0 aliphatic carbocycles. The largest absolute Gasteiger partial charge is 0.403 e. The Morgan fingerprint density at radius 1 is 1.26 bits per heavy atom. The molecule has 1 fully saturated rings. The van der Waals surface area contributed by atoms with Gasteiger partial charge in [-0.05, 0) is 62.6 Å². The van der Waals surface area contributed by atoms with Gasteiger partial charge in [-0.15, -0.1) is 0 Å². The second-order valence-corrected chi connectivity index (χ2v) is 10.0. The molecule has 10 heteroatoms. The molecule has 2 aliphatic heterocycles. The minimum absolute atomic E-state index is 0.0526. The second kappa shape index (κ2) is 12.1. The van der Waals surface area contributed by atoms with E-state index < -0.39 is 11.7 Å². The Bertz CT molecular complexity index is 1330. The SMILES string of the molecule is C=C1C=C(c2cnn(C)c2)C=CN1/C(=C\N)C(=O)Nc1cc(C(=O)NCCN2[C@H](C)CCC[C@@H]2C)ccc1F. The molecule has 1 aromatic heterocycles. The van der Waals surface area contributed by atoms with Crippen molar-refractivity contribution < 1.29 is 14.0 Å². The molecule has 39 heavy (non-hydrogen) atoms. The van der Waals surface area contributed by atoms with Gasteiger partial charge in [0.05, 0.1) is 11.9 Å². The molecule has 4 N–H and O–H groups in total. The van der Waals surface area contributed by atoms with Gasteiger partial charge in [-0.25, -0.2) is 4.39 Å². The molecular formula is C29H36FN7O2. The van der Waals surface area contributed by atoms with Crippen LogP contribution >= 0.6 is 0 Å². The number of benzene rings is 1. The fourth-order valence-electron chi connectivity index (χ4n) is 5.06. The summed E-state index contributed by atoms with van der Waals surface area (Å²) >= 11 is 0. The van der Waals surface area contributed by atoms with Crippen LogP contribution < -0.4 is 16.4 Å². The second-order valence-electron chi connectivity index (χ2n) is 10.0. The van der Waals surface area contributed by atoms with Crippen LogP contribution in [0, 0.1) is 5.82 Å². The Kier molecular flexibility index (Phi) is 8.65. The van der Waals surface area contributed by atoms with Gasteiger partial charge in [0.1, 0.15) is 11.5 Å². The number of hydrogen-bond donors (Lipinski definition) is 3. The van der Waals surface area contributed by atoms with Crippen molar-refractivity contribution in [3.05, 3.63) is 90.1 Å². The summed E-state index contributed by atoms with van der Waals surface area (Å²) in [7, 11) is 1.82. The number of allylic oxidation sites excluding steroid dienone is 3. The van der Waals surface area contributed by atoms with Crippen LogP contribution in [0.3, 0.4) is 0 Å². The molecule has 0 radical (unpaired) electrons. The van der Waals surface area contributed by atoms with Crippen molar-refractivity contribution in [1.29, 1.82) is 0 Å². The van der Waals surface area contributed by atoms with Crippen LogP contribution in [0.25, 0.3) is 5.57 Å². The average molecular weight is 534 g/mol. The third-order valence-corrected chi connectivity index (χ3v) is 7.23. The summed E-state index contributed by atoms with van der Waals surface area (Å²) in [5.41, 5.74) is 8.23. The zero-order chi connectivity index (χ0) is 28.1. The molecule has 3 heterocycles. The highest BCUT2D eigenvalue weighted by atomic mass is 19.1. The van der Waals surface area contributed by atoms with Crippen molar-refractivity contribution in [3.63, 3.8) is 0 Å². The van der Waals surface area contributed by atoms with Crippen LogP contribution in [-0.2, 0) is 11.8 Å². The number of carbonyl (C=O) groups is 2. The first-order valence-corrected chi connectivity index (χ1v) is 13.1. The average Bonchev–Trinajstić information content (AvgIpc) is 3.34. The van der Waals surface area contributed by atoms with Gasteiger partial charge in [0.15, 0.2) is 0 Å². The lowest BCUT2D eigenvalue weighted by molar-refractivity contribution is -0.113. The minimum Gasteiger partial charge on any atom is -0.403 e. The zero-order valence-electron chi connectivity index (χ0n) is 22.7. The van der Waals surface area contributed by atoms with Gasteiger partial charge in [-0.3, -0.25) is 19.2 Å². The molecule has 2 aromatic rings. The quantitative estimate of drug-likeness (QED) is 0.447. The molecule has 2 atom stereocenters. The topological polar surface area (TPSA) is 109 Å². The van der Waals surface area contributed by atoms with E-state index >= 15 is 0 Å². The minimum atomic E-state index is -0.668. The molecule has 1 saturated heterocycles. The lowest BCUT2D eigenvalue weighted by Crippen LogP contribution is -2.47. The predicted octanol–water partition coefficient (Wildman–Crippen LogP) is 3.72. The van der Waals surface area contributed by atoms with Crippen molar-refractivity contribution >= 4 is 23.1 Å². The highest BCUT2D eigenvalue weighted by Crippen LogP contribution is 2.27. The number of hydrogen-bond acceptors (Lipinski definition) is 6. The van der Waals surface area contributed by atoms with Crippen LogP contribution in [-0.4, -0.2) is 56.6 Å². The van der Waals surface area contributed by atoms with Crippen molar-refractivity contribution in [3.8, 4) is 0 Å². The van der Waals surface area contributed by atoms with Gasteiger partial charge in [0.25, 0.3) is 11.8 Å². The summed E-state index contributed by atoms with van der Waals surface area (Å²) in [4.78, 5) is 29.8. The third-order valence-electron chi connectivity index (χ3n) is 7.23. The molecule has 4 rings (SSSR count). The molecule has 0 bridgehead atoms. The Balaban J connectivity index is 1.39. The van der Waals surface area contributed by atoms with Gasteiger partial charge in [-0.1, -0.05) is 13.0 Å². The summed E-state index contributed by atoms with van der Waals surface area (Å²) in [6, 6.07) is 4.84. The summed E-state index contributed by atoms with van der Waals surface area (Å²) in [6.07, 6.45) is 13.5. The van der Waals surface area contributed by atoms with Crippen molar-refractivity contribution in [2.75, 3.05) is 18.4 Å². The number of likely N-dealkylation sites (tertiary alicyclic amines) is 1. The van der Waals surface area contributed by atoms with Crippen molar-refractivity contribution in [1.82, 2.24) is 24.9 Å². The van der Waals surface area contributed by atoms with E-state index in [2.05, 4.69) is 41.1 Å². The predicted molar refractivity (Wildman–Crippen MR) is 150 cm³/mol. The van der Waals surface area contributed by atoms with Gasteiger partial charge in [0.2, 0.25) is 0 Å². The van der Waals surface area contributed by atoms with E-state index in [-0.39, 0.29) is 22.9 Å². The molecule has 0 unspecified atom stereocenters. The third kappa shape index (κ3) is 6.46. The maximum absolute atomic E-state index is 14.6. The monoisotopic (exact) mass is 533 g/mol. The van der Waals surface area contributed by atoms with E-state index in [1.165, 1.54) is 23.5 Å². The summed E-state index contributed by atoms with van der Waals surface area (Å²) < 4.78 is 16.3. The number of nitrogens with one attached hydrogen (secondary N) is 2. The van der Waals surface area contributed by atoms with Crippen LogP contribution in [0.5, 0.6) is 0 Å². The lowest BCUT2D eigenvalue weighted by Gasteiger charge is -2.39. The molecule has 0 saturated carbocycles. The smallest absolute Gasteiger partial charge is 0.274 e. The molecule has 2 aliphatic rings. The number of aromatic nitrogens is 2. The number of piperidine rings is 1. The van der Waals surface area contributed by atoms with E-state index in [9.17, 15) is 14.0 Å². The number of halogens is 1. The normalized spacial score (nSPS) is 20.1. The standard InChI is InChI=1S/C29H36FN7O2/c1-19-6-5-7-20(2)36(19)13-11-32-28(38)23-8-9-25(30)26(15-23)34-29(39)27(16-31)37-12-10-22(14-21(37)3)24-17-33-35(4)18-24/h8-10,12,14-20H,3,5-7,11,13,31H2,1-2,4H3,(H,32,38)(H,34,39)/b27-16-/t19-,20+. The maximum Gasteiger partial charge on any atom is 0.274 e. The van der Waals surface area contributed by atoms with Gasteiger partial charge in [-0.2, -0.15) is 5.10 Å². The molecular weight excluding hydrogens is 497 g/mol. The lowest BCUT2D eigenvalue weighted by atomic mass is 9.98. The van der Waals surface area contributed by atoms with Gasteiger partial charge in [0, 0.05) is 67.6 Å². The van der Waals surface area contributed by atoms with Crippen LogP contribution in [0.1, 0.15) is 49.0 Å². The maximum atomic E-state index is 14.6. The molecule has 9 nitrogen and oxygen atoms in total. The van der Waals surface area contributed by atoms with Crippen molar-refractivity contribution in [2.24, 2.45) is 12.8 Å². The molecule has 1 aromatic carbocycles.